The Morgan fingerprint density at radius 2 is 0.857 bits per heavy atom. The first-order valence-corrected chi connectivity index (χ1v) is 1.15. The summed E-state index contributed by atoms with van der Waals surface area (Å²) in [6, 6.07) is 0. The van der Waals surface area contributed by atoms with Crippen LogP contribution in [0.4, 0.5) is 0 Å². The first-order chi connectivity index (χ1) is 1.41. The minimum absolute atomic E-state index is 0. The molecule has 0 spiro atoms. The molecule has 7 heavy (non-hydrogen) atoms. The van der Waals surface area contributed by atoms with Gasteiger partial charge in [-0.1, -0.05) is 0 Å². The van der Waals surface area contributed by atoms with Crippen molar-refractivity contribution < 1.29 is 42.6 Å². The zero-order chi connectivity index (χ0) is 2.71. The van der Waals surface area contributed by atoms with E-state index in [0.29, 0.717) is 0 Å². The smallest absolute Gasteiger partial charge is 0 e. The van der Waals surface area contributed by atoms with E-state index in [-0.39, 0.29) is 42.6 Å². The molecule has 0 aromatic carbocycles. The van der Waals surface area contributed by atoms with Crippen molar-refractivity contribution in [3.8, 4) is 0 Å². The molecule has 0 aromatic heterocycles. The summed E-state index contributed by atoms with van der Waals surface area (Å²) in [4.78, 5) is 0. The minimum atomic E-state index is 0. The summed E-state index contributed by atoms with van der Waals surface area (Å²) in [5, 5.41) is 0. The van der Waals surface area contributed by atoms with E-state index in [1.54, 1.807) is 0 Å². The second kappa shape index (κ2) is 72.3. The Labute approximate surface area is 63.2 Å². The summed E-state index contributed by atoms with van der Waals surface area (Å²) in [6.45, 7) is 4.00. The maximum absolute atomic E-state index is 2.00. The fourth-order valence-corrected chi connectivity index (χ4v) is 0. The molecule has 0 rings (SSSR count). The predicted molar refractivity (Wildman–Crippen MR) is 26.5 cm³/mol. The van der Waals surface area contributed by atoms with E-state index >= 15 is 0 Å². The molecule has 0 unspecified atom stereocenters. The molecular weight excluding hydrogens is 175 g/mol. The van der Waals surface area contributed by atoms with Crippen molar-refractivity contribution in [1.82, 2.24) is 0 Å². The van der Waals surface area contributed by atoms with E-state index in [1.807, 2.05) is 20.3 Å². The average molecular weight is 188 g/mol. The van der Waals surface area contributed by atoms with Gasteiger partial charge in [0.1, 0.15) is 0 Å². The third kappa shape index (κ3) is 263. The van der Waals surface area contributed by atoms with Crippen molar-refractivity contribution in [2.24, 2.45) is 0 Å². The van der Waals surface area contributed by atoms with E-state index < -0.39 is 0 Å². The van der Waals surface area contributed by atoms with Gasteiger partial charge in [-0.25, -0.2) is 0 Å². The van der Waals surface area contributed by atoms with Gasteiger partial charge < -0.3 is 22.8 Å². The SMILES string of the molecule is C[CH-]C.O.O.O.[Zr]. The molecule has 0 saturated heterocycles. The van der Waals surface area contributed by atoms with Crippen LogP contribution in [0.15, 0.2) is 0 Å². The van der Waals surface area contributed by atoms with Gasteiger partial charge in [-0.05, 0) is 0 Å². The summed E-state index contributed by atoms with van der Waals surface area (Å²) >= 11 is 0. The Morgan fingerprint density at radius 1 is 0.857 bits per heavy atom. The molecular formula is C3H13O3Zr-. The predicted octanol–water partition coefficient (Wildman–Crippen LogP) is -1.25. The van der Waals surface area contributed by atoms with Crippen molar-refractivity contribution >= 4 is 0 Å². The first-order valence-electron chi connectivity index (χ1n) is 1.15. The topological polar surface area (TPSA) is 94.5 Å². The molecule has 0 aliphatic heterocycles. The number of hydrogen-bond donors (Lipinski definition) is 0. The molecule has 0 saturated carbocycles. The maximum atomic E-state index is 2.00. The molecule has 3 nitrogen and oxygen atoms in total. The molecule has 0 aromatic rings. The Balaban J connectivity index is -0.00000000333. The molecule has 4 heteroatoms. The maximum Gasteiger partial charge on any atom is 0 e. The van der Waals surface area contributed by atoms with E-state index in [4.69, 9.17) is 0 Å². The first kappa shape index (κ1) is 46.5. The van der Waals surface area contributed by atoms with Crippen LogP contribution in [0.3, 0.4) is 0 Å². The Morgan fingerprint density at radius 3 is 0.857 bits per heavy atom. The summed E-state index contributed by atoms with van der Waals surface area (Å²) in [5.41, 5.74) is 0. The summed E-state index contributed by atoms with van der Waals surface area (Å²) in [5.74, 6) is 0. The van der Waals surface area contributed by atoms with Crippen LogP contribution in [0.2, 0.25) is 0 Å². The average Bonchev–Trinajstić information content (AvgIpc) is 0.918. The minimum Gasteiger partial charge on any atom is -0.412 e. The second-order valence-electron chi connectivity index (χ2n) is 0.577. The van der Waals surface area contributed by atoms with Gasteiger partial charge in [0.2, 0.25) is 0 Å². The Hall–Kier alpha value is 0.763. The van der Waals surface area contributed by atoms with Crippen molar-refractivity contribution in [3.05, 3.63) is 6.42 Å². The third-order valence-corrected chi connectivity index (χ3v) is 0. The molecule has 0 fully saturated rings. The van der Waals surface area contributed by atoms with Crippen molar-refractivity contribution in [1.29, 1.82) is 0 Å². The van der Waals surface area contributed by atoms with Gasteiger partial charge in [0.15, 0.2) is 0 Å². The van der Waals surface area contributed by atoms with Gasteiger partial charge >= 0.3 is 0 Å². The van der Waals surface area contributed by atoms with Crippen molar-refractivity contribution in [2.75, 3.05) is 0 Å². The van der Waals surface area contributed by atoms with Crippen LogP contribution < -0.4 is 0 Å². The largest absolute Gasteiger partial charge is 0.412 e. The van der Waals surface area contributed by atoms with Crippen LogP contribution in [0.25, 0.3) is 0 Å². The molecule has 0 atom stereocenters. The number of rotatable bonds is 0. The fourth-order valence-electron chi connectivity index (χ4n) is 0. The van der Waals surface area contributed by atoms with Crippen LogP contribution in [0.1, 0.15) is 13.8 Å². The van der Waals surface area contributed by atoms with E-state index in [0.717, 1.165) is 0 Å². The molecule has 0 aliphatic rings. The monoisotopic (exact) mass is 187 g/mol. The second-order valence-corrected chi connectivity index (χ2v) is 0.577. The molecule has 0 aliphatic carbocycles. The molecule has 0 amide bonds. The van der Waals surface area contributed by atoms with Gasteiger partial charge in [-0.2, -0.15) is 13.8 Å². The fraction of sp³-hybridized carbons (Fsp3) is 0.667. The van der Waals surface area contributed by atoms with Crippen molar-refractivity contribution in [2.45, 2.75) is 13.8 Å². The van der Waals surface area contributed by atoms with Crippen LogP contribution in [-0.2, 0) is 26.2 Å². The number of hydrogen-bond acceptors (Lipinski definition) is 0. The van der Waals surface area contributed by atoms with E-state index in [2.05, 4.69) is 0 Å². The van der Waals surface area contributed by atoms with Gasteiger partial charge in [0, 0.05) is 26.2 Å². The quantitative estimate of drug-likeness (QED) is 0.425. The van der Waals surface area contributed by atoms with E-state index in [9.17, 15) is 0 Å². The van der Waals surface area contributed by atoms with Crippen LogP contribution >= 0.6 is 0 Å². The van der Waals surface area contributed by atoms with Gasteiger partial charge in [0.05, 0.1) is 0 Å². The van der Waals surface area contributed by atoms with Crippen LogP contribution in [0, 0.1) is 6.42 Å². The van der Waals surface area contributed by atoms with Gasteiger partial charge in [-0.3, -0.25) is 0 Å². The Kier molecular flexibility index (Phi) is 480. The van der Waals surface area contributed by atoms with Gasteiger partial charge in [0.25, 0.3) is 0 Å². The molecule has 0 heterocycles. The molecule has 0 bridgehead atoms. The van der Waals surface area contributed by atoms with E-state index in [1.165, 1.54) is 0 Å². The molecule has 0 radical (unpaired) electrons. The third-order valence-electron chi connectivity index (χ3n) is 0. The standard InChI is InChI=1S/C3H7.3H2O.Zr/c1-3-2;;;;/h3H,1-2H3;3*1H2;/q-1;;;;. The van der Waals surface area contributed by atoms with Crippen LogP contribution in [-0.4, -0.2) is 16.4 Å². The molecule has 6 N–H and O–H groups in total. The summed E-state index contributed by atoms with van der Waals surface area (Å²) in [6.07, 6.45) is 2.00. The zero-order valence-corrected chi connectivity index (χ0v) is 7.04. The summed E-state index contributed by atoms with van der Waals surface area (Å²) in [7, 11) is 0. The van der Waals surface area contributed by atoms with Gasteiger partial charge in [-0.15, -0.1) is 0 Å². The summed E-state index contributed by atoms with van der Waals surface area (Å²) < 4.78 is 0. The normalized spacial score (nSPS) is 2.57. The zero-order valence-electron chi connectivity index (χ0n) is 4.58. The molecule has 48 valence electrons. The van der Waals surface area contributed by atoms with Crippen LogP contribution in [0.5, 0.6) is 0 Å². The van der Waals surface area contributed by atoms with Crippen molar-refractivity contribution in [3.63, 3.8) is 0 Å². The Bertz CT molecular complexity index is 10.1.